The van der Waals surface area contributed by atoms with E-state index in [1.165, 1.54) is 16.8 Å². The van der Waals surface area contributed by atoms with Crippen molar-refractivity contribution in [2.24, 2.45) is 5.41 Å². The Bertz CT molecular complexity index is 430. The van der Waals surface area contributed by atoms with Crippen LogP contribution < -0.4 is 4.90 Å². The van der Waals surface area contributed by atoms with Crippen molar-refractivity contribution in [1.29, 1.82) is 0 Å². The first-order valence-corrected chi connectivity index (χ1v) is 6.88. The Labute approximate surface area is 115 Å². The molecule has 1 aromatic carbocycles. The lowest BCUT2D eigenvalue weighted by Crippen LogP contribution is -2.43. The largest absolute Gasteiger partial charge is 0.380 e. The van der Waals surface area contributed by atoms with Crippen molar-refractivity contribution < 1.29 is 9.53 Å². The fraction of sp³-hybridized carbons (Fsp3) is 0.562. The van der Waals surface area contributed by atoms with Gasteiger partial charge in [-0.3, -0.25) is 0 Å². The second-order valence-electron chi connectivity index (χ2n) is 5.84. The average molecular weight is 261 g/mol. The molecule has 0 saturated carbocycles. The Balaban J connectivity index is 2.14. The first kappa shape index (κ1) is 14.1. The number of carbonyl (C=O) groups excluding carboxylic acids is 1. The third-order valence-electron chi connectivity index (χ3n) is 3.80. The number of hydrogen-bond donors (Lipinski definition) is 0. The molecule has 1 unspecified atom stereocenters. The lowest BCUT2D eigenvalue weighted by Gasteiger charge is -2.36. The summed E-state index contributed by atoms with van der Waals surface area (Å²) in [4.78, 5) is 13.6. The van der Waals surface area contributed by atoms with E-state index in [4.69, 9.17) is 4.74 Å². The van der Waals surface area contributed by atoms with Crippen LogP contribution in [0.3, 0.4) is 0 Å². The van der Waals surface area contributed by atoms with Crippen LogP contribution in [-0.2, 0) is 9.53 Å². The topological polar surface area (TPSA) is 29.5 Å². The van der Waals surface area contributed by atoms with Gasteiger partial charge in [-0.2, -0.15) is 0 Å². The van der Waals surface area contributed by atoms with Crippen LogP contribution in [0.1, 0.15) is 24.0 Å². The van der Waals surface area contributed by atoms with Gasteiger partial charge < -0.3 is 14.4 Å². The van der Waals surface area contributed by atoms with E-state index in [9.17, 15) is 4.79 Å². The second-order valence-corrected chi connectivity index (χ2v) is 5.84. The average Bonchev–Trinajstić information content (AvgIpc) is 2.38. The molecule has 1 atom stereocenters. The van der Waals surface area contributed by atoms with E-state index < -0.39 is 0 Å². The highest BCUT2D eigenvalue weighted by atomic mass is 16.5. The molecule has 19 heavy (non-hydrogen) atoms. The summed E-state index contributed by atoms with van der Waals surface area (Å²) >= 11 is 0. The van der Waals surface area contributed by atoms with Gasteiger partial charge in [-0.25, -0.2) is 0 Å². The molecule has 0 bridgehead atoms. The van der Waals surface area contributed by atoms with Crippen molar-refractivity contribution >= 4 is 12.0 Å². The highest BCUT2D eigenvalue weighted by Gasteiger charge is 2.34. The molecule has 104 valence electrons. The van der Waals surface area contributed by atoms with E-state index in [-0.39, 0.29) is 5.41 Å². The number of anilines is 1. The molecule has 2 rings (SSSR count). The van der Waals surface area contributed by atoms with Crippen LogP contribution >= 0.6 is 0 Å². The Morgan fingerprint density at radius 3 is 2.53 bits per heavy atom. The molecule has 1 fully saturated rings. The van der Waals surface area contributed by atoms with Crippen molar-refractivity contribution in [2.75, 3.05) is 31.7 Å². The van der Waals surface area contributed by atoms with E-state index in [1.807, 2.05) is 7.05 Å². The first-order chi connectivity index (χ1) is 9.04. The van der Waals surface area contributed by atoms with Gasteiger partial charge in [0.25, 0.3) is 0 Å². The molecule has 1 aliphatic rings. The highest BCUT2D eigenvalue weighted by Crippen LogP contribution is 2.29. The predicted octanol–water partition coefficient (Wildman–Crippen LogP) is 2.74. The zero-order chi connectivity index (χ0) is 13.9. The molecule has 0 spiro atoms. The summed E-state index contributed by atoms with van der Waals surface area (Å²) in [5.74, 6) is 0. The van der Waals surface area contributed by atoms with E-state index in [0.29, 0.717) is 6.61 Å². The Morgan fingerprint density at radius 1 is 1.32 bits per heavy atom. The van der Waals surface area contributed by atoms with E-state index in [0.717, 1.165) is 32.3 Å². The van der Waals surface area contributed by atoms with Gasteiger partial charge in [0.2, 0.25) is 0 Å². The molecular formula is C16H23NO2. The van der Waals surface area contributed by atoms with Gasteiger partial charge in [-0.1, -0.05) is 6.07 Å². The van der Waals surface area contributed by atoms with Crippen LogP contribution in [-0.4, -0.2) is 33.1 Å². The zero-order valence-electron chi connectivity index (χ0n) is 12.1. The summed E-state index contributed by atoms with van der Waals surface area (Å²) in [5, 5.41) is 0. The quantitative estimate of drug-likeness (QED) is 0.781. The fourth-order valence-corrected chi connectivity index (χ4v) is 2.86. The zero-order valence-corrected chi connectivity index (χ0v) is 12.1. The molecule has 1 heterocycles. The molecule has 0 radical (unpaired) electrons. The van der Waals surface area contributed by atoms with Crippen molar-refractivity contribution in [1.82, 2.24) is 0 Å². The monoisotopic (exact) mass is 261 g/mol. The van der Waals surface area contributed by atoms with E-state index >= 15 is 0 Å². The molecule has 0 N–H and O–H groups in total. The fourth-order valence-electron chi connectivity index (χ4n) is 2.86. The Hall–Kier alpha value is -1.35. The van der Waals surface area contributed by atoms with Crippen LogP contribution in [0.25, 0.3) is 0 Å². The summed E-state index contributed by atoms with van der Waals surface area (Å²) in [6, 6.07) is 6.49. The first-order valence-electron chi connectivity index (χ1n) is 6.88. The lowest BCUT2D eigenvalue weighted by atomic mass is 9.83. The highest BCUT2D eigenvalue weighted by molar-refractivity contribution is 5.62. The van der Waals surface area contributed by atoms with Crippen LogP contribution in [0.15, 0.2) is 18.2 Å². The standard InChI is InChI=1S/C16H23NO2/c1-13-7-14(2)9-15(8-13)17(3)10-16(11-18)5-4-6-19-12-16/h7-9,11H,4-6,10,12H2,1-3H3. The summed E-state index contributed by atoms with van der Waals surface area (Å²) < 4.78 is 5.50. The number of rotatable bonds is 4. The van der Waals surface area contributed by atoms with Gasteiger partial charge in [0, 0.05) is 25.9 Å². The molecular weight excluding hydrogens is 238 g/mol. The lowest BCUT2D eigenvalue weighted by molar-refractivity contribution is -0.122. The van der Waals surface area contributed by atoms with Crippen molar-refractivity contribution in [3.63, 3.8) is 0 Å². The molecule has 0 aliphatic carbocycles. The Kier molecular flexibility index (Phi) is 4.25. The van der Waals surface area contributed by atoms with Crippen LogP contribution in [0.4, 0.5) is 5.69 Å². The van der Waals surface area contributed by atoms with Crippen LogP contribution in [0.5, 0.6) is 0 Å². The predicted molar refractivity (Wildman–Crippen MR) is 77.7 cm³/mol. The number of hydrogen-bond acceptors (Lipinski definition) is 3. The molecule has 0 amide bonds. The number of carbonyl (C=O) groups is 1. The van der Waals surface area contributed by atoms with Crippen molar-refractivity contribution in [2.45, 2.75) is 26.7 Å². The van der Waals surface area contributed by atoms with Gasteiger partial charge in [0.15, 0.2) is 0 Å². The normalized spacial score (nSPS) is 23.1. The van der Waals surface area contributed by atoms with Gasteiger partial charge in [0.1, 0.15) is 6.29 Å². The second kappa shape index (κ2) is 5.74. The SMILES string of the molecule is Cc1cc(C)cc(N(C)CC2(C=O)CCCOC2)c1. The smallest absolute Gasteiger partial charge is 0.130 e. The third-order valence-corrected chi connectivity index (χ3v) is 3.80. The minimum absolute atomic E-state index is 0.343. The molecule has 0 aromatic heterocycles. The van der Waals surface area contributed by atoms with Gasteiger partial charge >= 0.3 is 0 Å². The number of aldehydes is 1. The Morgan fingerprint density at radius 2 is 2.00 bits per heavy atom. The number of nitrogens with zero attached hydrogens (tertiary/aromatic N) is 1. The van der Waals surface area contributed by atoms with Crippen LogP contribution in [0, 0.1) is 19.3 Å². The molecule has 3 heteroatoms. The van der Waals surface area contributed by atoms with E-state index in [2.05, 4.69) is 36.9 Å². The van der Waals surface area contributed by atoms with Crippen molar-refractivity contribution in [3.05, 3.63) is 29.3 Å². The minimum atomic E-state index is -0.343. The summed E-state index contributed by atoms with van der Waals surface area (Å²) in [5.41, 5.74) is 3.33. The summed E-state index contributed by atoms with van der Waals surface area (Å²) in [6.45, 7) is 6.25. The maximum Gasteiger partial charge on any atom is 0.130 e. The van der Waals surface area contributed by atoms with E-state index in [1.54, 1.807) is 0 Å². The molecule has 1 aromatic rings. The maximum absolute atomic E-state index is 11.5. The number of ether oxygens (including phenoxy) is 1. The molecule has 3 nitrogen and oxygen atoms in total. The maximum atomic E-state index is 11.5. The molecule has 1 saturated heterocycles. The number of aryl methyl sites for hydroxylation is 2. The summed E-state index contributed by atoms with van der Waals surface area (Å²) in [6.07, 6.45) is 2.98. The summed E-state index contributed by atoms with van der Waals surface area (Å²) in [7, 11) is 2.05. The number of benzene rings is 1. The van der Waals surface area contributed by atoms with Gasteiger partial charge in [-0.15, -0.1) is 0 Å². The van der Waals surface area contributed by atoms with Crippen molar-refractivity contribution in [3.8, 4) is 0 Å². The van der Waals surface area contributed by atoms with Crippen LogP contribution in [0.2, 0.25) is 0 Å². The minimum Gasteiger partial charge on any atom is -0.380 e. The van der Waals surface area contributed by atoms with Gasteiger partial charge in [0.05, 0.1) is 12.0 Å². The molecule has 1 aliphatic heterocycles. The third kappa shape index (κ3) is 3.35. The van der Waals surface area contributed by atoms with Gasteiger partial charge in [-0.05, 0) is 49.9 Å².